The third-order valence-electron chi connectivity index (χ3n) is 3.38. The molecular weight excluding hydrogens is 264 g/mol. The fourth-order valence-electron chi connectivity index (χ4n) is 2.38. The zero-order valence-corrected chi connectivity index (χ0v) is 11.6. The summed E-state index contributed by atoms with van der Waals surface area (Å²) in [5.74, 6) is -0.954. The van der Waals surface area contributed by atoms with Crippen molar-refractivity contribution < 1.29 is 9.90 Å². The fraction of sp³-hybridized carbons (Fsp3) is 0.500. The standard InChI is InChI=1S/C14H19ClN2O2/c15-11-4-5-13(12(10-11)14(18)19)16-6-3-9-17-7-1-2-8-17/h4-5,10,16H,1-3,6-9H2,(H,18,19). The van der Waals surface area contributed by atoms with Crippen molar-refractivity contribution in [3.05, 3.63) is 28.8 Å². The molecule has 1 aliphatic heterocycles. The molecule has 0 amide bonds. The molecule has 5 heteroatoms. The number of carboxylic acids is 1. The van der Waals surface area contributed by atoms with Gasteiger partial charge in [0.25, 0.3) is 0 Å². The van der Waals surface area contributed by atoms with Crippen molar-refractivity contribution in [1.29, 1.82) is 0 Å². The number of aromatic carboxylic acids is 1. The number of benzene rings is 1. The van der Waals surface area contributed by atoms with Crippen LogP contribution in [0.1, 0.15) is 29.6 Å². The van der Waals surface area contributed by atoms with E-state index in [-0.39, 0.29) is 5.56 Å². The molecule has 104 valence electrons. The molecule has 2 rings (SSSR count). The molecule has 0 unspecified atom stereocenters. The van der Waals surface area contributed by atoms with Crippen LogP contribution in [0.4, 0.5) is 5.69 Å². The van der Waals surface area contributed by atoms with Gasteiger partial charge in [-0.05, 0) is 57.1 Å². The molecule has 4 nitrogen and oxygen atoms in total. The Balaban J connectivity index is 1.83. The van der Waals surface area contributed by atoms with Crippen LogP contribution < -0.4 is 5.32 Å². The summed E-state index contributed by atoms with van der Waals surface area (Å²) in [4.78, 5) is 13.6. The van der Waals surface area contributed by atoms with Gasteiger partial charge in [-0.25, -0.2) is 4.79 Å². The smallest absolute Gasteiger partial charge is 0.337 e. The first-order valence-corrected chi connectivity index (χ1v) is 7.03. The van der Waals surface area contributed by atoms with E-state index in [0.29, 0.717) is 10.7 Å². The fourth-order valence-corrected chi connectivity index (χ4v) is 2.55. The van der Waals surface area contributed by atoms with Gasteiger partial charge in [-0.15, -0.1) is 0 Å². The number of rotatable bonds is 6. The van der Waals surface area contributed by atoms with E-state index in [4.69, 9.17) is 16.7 Å². The van der Waals surface area contributed by atoms with Crippen molar-refractivity contribution in [1.82, 2.24) is 4.90 Å². The lowest BCUT2D eigenvalue weighted by molar-refractivity contribution is 0.0698. The number of nitrogens with one attached hydrogen (secondary N) is 1. The number of hydrogen-bond acceptors (Lipinski definition) is 3. The Labute approximate surface area is 118 Å². The van der Waals surface area contributed by atoms with Crippen LogP contribution in [0.25, 0.3) is 0 Å². The van der Waals surface area contributed by atoms with Gasteiger partial charge < -0.3 is 15.3 Å². The second kappa shape index (κ2) is 6.78. The van der Waals surface area contributed by atoms with Gasteiger partial charge in [0.05, 0.1) is 5.56 Å². The van der Waals surface area contributed by atoms with Crippen LogP contribution in [0.2, 0.25) is 5.02 Å². The molecule has 1 saturated heterocycles. The Bertz CT molecular complexity index is 445. The molecule has 0 bridgehead atoms. The predicted octanol–water partition coefficient (Wildman–Crippen LogP) is 2.94. The Morgan fingerprint density at radius 1 is 1.37 bits per heavy atom. The third kappa shape index (κ3) is 4.11. The minimum atomic E-state index is -0.954. The van der Waals surface area contributed by atoms with Crippen LogP contribution >= 0.6 is 11.6 Å². The molecule has 0 radical (unpaired) electrons. The lowest BCUT2D eigenvalue weighted by Crippen LogP contribution is -2.22. The molecule has 1 aliphatic rings. The largest absolute Gasteiger partial charge is 0.478 e. The number of halogens is 1. The molecular formula is C14H19ClN2O2. The predicted molar refractivity (Wildman–Crippen MR) is 77.2 cm³/mol. The van der Waals surface area contributed by atoms with E-state index in [1.165, 1.54) is 32.0 Å². The van der Waals surface area contributed by atoms with Crippen molar-refractivity contribution in [2.45, 2.75) is 19.3 Å². The van der Waals surface area contributed by atoms with Gasteiger partial charge in [-0.3, -0.25) is 0 Å². The third-order valence-corrected chi connectivity index (χ3v) is 3.61. The molecule has 1 aromatic carbocycles. The van der Waals surface area contributed by atoms with E-state index in [0.717, 1.165) is 19.5 Å². The first-order chi connectivity index (χ1) is 9.16. The second-order valence-corrected chi connectivity index (χ2v) is 5.26. The number of hydrogen-bond donors (Lipinski definition) is 2. The summed E-state index contributed by atoms with van der Waals surface area (Å²) in [6, 6.07) is 4.91. The second-order valence-electron chi connectivity index (χ2n) is 4.82. The average molecular weight is 283 g/mol. The van der Waals surface area contributed by atoms with Gasteiger partial charge in [0.2, 0.25) is 0 Å². The quantitative estimate of drug-likeness (QED) is 0.788. The first-order valence-electron chi connectivity index (χ1n) is 6.66. The van der Waals surface area contributed by atoms with Crippen molar-refractivity contribution in [2.24, 2.45) is 0 Å². The van der Waals surface area contributed by atoms with Crippen LogP contribution in [0.5, 0.6) is 0 Å². The molecule has 1 heterocycles. The van der Waals surface area contributed by atoms with Gasteiger partial charge in [0.1, 0.15) is 0 Å². The van der Waals surface area contributed by atoms with Gasteiger partial charge in [-0.2, -0.15) is 0 Å². The Hall–Kier alpha value is -1.26. The van der Waals surface area contributed by atoms with E-state index in [1.807, 2.05) is 0 Å². The van der Waals surface area contributed by atoms with E-state index < -0.39 is 5.97 Å². The summed E-state index contributed by atoms with van der Waals surface area (Å²) in [6.07, 6.45) is 3.61. The summed E-state index contributed by atoms with van der Waals surface area (Å²) >= 11 is 5.81. The van der Waals surface area contributed by atoms with Crippen molar-refractivity contribution >= 4 is 23.3 Å². The van der Waals surface area contributed by atoms with Gasteiger partial charge in [0, 0.05) is 17.3 Å². The zero-order valence-electron chi connectivity index (χ0n) is 10.9. The van der Waals surface area contributed by atoms with Crippen LogP contribution in [0, 0.1) is 0 Å². The van der Waals surface area contributed by atoms with Crippen molar-refractivity contribution in [3.8, 4) is 0 Å². The normalized spacial score (nSPS) is 15.6. The Morgan fingerprint density at radius 3 is 2.79 bits per heavy atom. The van der Waals surface area contributed by atoms with Crippen LogP contribution in [0.3, 0.4) is 0 Å². The summed E-state index contributed by atoms with van der Waals surface area (Å²) in [5.41, 5.74) is 0.868. The average Bonchev–Trinajstić information content (AvgIpc) is 2.89. The van der Waals surface area contributed by atoms with Gasteiger partial charge in [0.15, 0.2) is 0 Å². The lowest BCUT2D eigenvalue weighted by atomic mass is 10.1. The van der Waals surface area contributed by atoms with Crippen LogP contribution in [-0.4, -0.2) is 42.2 Å². The molecule has 19 heavy (non-hydrogen) atoms. The minimum Gasteiger partial charge on any atom is -0.478 e. The van der Waals surface area contributed by atoms with Gasteiger partial charge >= 0.3 is 5.97 Å². The SMILES string of the molecule is O=C(O)c1cc(Cl)ccc1NCCCN1CCCC1. The maximum absolute atomic E-state index is 11.1. The lowest BCUT2D eigenvalue weighted by Gasteiger charge is -2.15. The monoisotopic (exact) mass is 282 g/mol. The minimum absolute atomic E-state index is 0.230. The molecule has 0 saturated carbocycles. The molecule has 0 aliphatic carbocycles. The van der Waals surface area contributed by atoms with E-state index in [9.17, 15) is 4.79 Å². The van der Waals surface area contributed by atoms with Crippen molar-refractivity contribution in [2.75, 3.05) is 31.5 Å². The summed E-state index contributed by atoms with van der Waals surface area (Å²) in [7, 11) is 0. The van der Waals surface area contributed by atoms with Gasteiger partial charge in [-0.1, -0.05) is 11.6 Å². The first kappa shape index (κ1) is 14.2. The Morgan fingerprint density at radius 2 is 2.11 bits per heavy atom. The molecule has 1 aromatic rings. The van der Waals surface area contributed by atoms with E-state index >= 15 is 0 Å². The number of carboxylic acid groups (broad SMARTS) is 1. The molecule has 0 aromatic heterocycles. The summed E-state index contributed by atoms with van der Waals surface area (Å²) in [5, 5.41) is 12.7. The summed E-state index contributed by atoms with van der Waals surface area (Å²) in [6.45, 7) is 4.24. The molecule has 2 N–H and O–H groups in total. The highest BCUT2D eigenvalue weighted by Gasteiger charge is 2.12. The van der Waals surface area contributed by atoms with E-state index in [1.54, 1.807) is 12.1 Å². The maximum Gasteiger partial charge on any atom is 0.337 e. The number of anilines is 1. The summed E-state index contributed by atoms with van der Waals surface area (Å²) < 4.78 is 0. The number of carbonyl (C=O) groups is 1. The van der Waals surface area contributed by atoms with Crippen molar-refractivity contribution in [3.63, 3.8) is 0 Å². The van der Waals surface area contributed by atoms with E-state index in [2.05, 4.69) is 10.2 Å². The molecule has 0 spiro atoms. The van der Waals surface area contributed by atoms with Crippen LogP contribution in [0.15, 0.2) is 18.2 Å². The van der Waals surface area contributed by atoms with Crippen LogP contribution in [-0.2, 0) is 0 Å². The molecule has 1 fully saturated rings. The number of nitrogens with zero attached hydrogens (tertiary/aromatic N) is 1. The highest BCUT2D eigenvalue weighted by atomic mass is 35.5. The maximum atomic E-state index is 11.1. The molecule has 0 atom stereocenters. The highest BCUT2D eigenvalue weighted by molar-refractivity contribution is 6.31. The highest BCUT2D eigenvalue weighted by Crippen LogP contribution is 2.20. The number of likely N-dealkylation sites (tertiary alicyclic amines) is 1. The topological polar surface area (TPSA) is 52.6 Å². The Kier molecular flexibility index (Phi) is 5.05. The zero-order chi connectivity index (χ0) is 13.7.